The van der Waals surface area contributed by atoms with Gasteiger partial charge in [0.15, 0.2) is 0 Å². The van der Waals surface area contributed by atoms with E-state index in [0.29, 0.717) is 12.6 Å². The summed E-state index contributed by atoms with van der Waals surface area (Å²) in [6.07, 6.45) is 4.80. The van der Waals surface area contributed by atoms with Gasteiger partial charge in [-0.25, -0.2) is 4.98 Å². The second-order valence-corrected chi connectivity index (χ2v) is 5.38. The summed E-state index contributed by atoms with van der Waals surface area (Å²) in [7, 11) is 0. The second-order valence-electron chi connectivity index (χ2n) is 5.38. The fraction of sp³-hybridized carbons (Fsp3) is 0.471. The van der Waals surface area contributed by atoms with Crippen LogP contribution in [0.5, 0.6) is 5.75 Å². The van der Waals surface area contributed by atoms with E-state index in [1.54, 1.807) is 0 Å². The third-order valence-electron chi connectivity index (χ3n) is 3.38. The van der Waals surface area contributed by atoms with E-state index in [2.05, 4.69) is 47.8 Å². The van der Waals surface area contributed by atoms with Crippen molar-refractivity contribution in [3.63, 3.8) is 0 Å². The molecule has 0 atom stereocenters. The lowest BCUT2D eigenvalue weighted by atomic mass is 10.2. The molecule has 0 aliphatic heterocycles. The number of hydrogen-bond donors (Lipinski definition) is 1. The lowest BCUT2D eigenvalue weighted by Gasteiger charge is -2.14. The van der Waals surface area contributed by atoms with Gasteiger partial charge >= 0.3 is 0 Å². The first-order valence-corrected chi connectivity index (χ1v) is 7.64. The summed E-state index contributed by atoms with van der Waals surface area (Å²) in [5, 5.41) is 3.43. The SMILES string of the molecule is CCc1nccn1CCOc1ccccc1CNC(C)C. The Hall–Kier alpha value is -1.81. The maximum atomic E-state index is 5.95. The summed E-state index contributed by atoms with van der Waals surface area (Å²) in [4.78, 5) is 4.32. The van der Waals surface area contributed by atoms with E-state index < -0.39 is 0 Å². The molecule has 0 aliphatic rings. The highest BCUT2D eigenvalue weighted by Crippen LogP contribution is 2.18. The molecule has 0 unspecified atom stereocenters. The first kappa shape index (κ1) is 15.6. The van der Waals surface area contributed by atoms with E-state index >= 15 is 0 Å². The minimum Gasteiger partial charge on any atom is -0.491 e. The molecule has 0 aliphatic carbocycles. The van der Waals surface area contributed by atoms with Crippen LogP contribution in [0.1, 0.15) is 32.2 Å². The van der Waals surface area contributed by atoms with Crippen LogP contribution in [-0.4, -0.2) is 22.2 Å². The third kappa shape index (κ3) is 4.60. The largest absolute Gasteiger partial charge is 0.491 e. The van der Waals surface area contributed by atoms with Gasteiger partial charge in [0, 0.05) is 37.0 Å². The van der Waals surface area contributed by atoms with Gasteiger partial charge < -0.3 is 14.6 Å². The number of benzene rings is 1. The first-order valence-electron chi connectivity index (χ1n) is 7.64. The van der Waals surface area contributed by atoms with Gasteiger partial charge in [0.1, 0.15) is 18.2 Å². The number of imidazole rings is 1. The van der Waals surface area contributed by atoms with Crippen LogP contribution in [0.25, 0.3) is 0 Å². The van der Waals surface area contributed by atoms with E-state index in [0.717, 1.165) is 31.1 Å². The molecule has 4 heteroatoms. The van der Waals surface area contributed by atoms with Crippen molar-refractivity contribution in [3.05, 3.63) is 48.0 Å². The molecule has 0 spiro atoms. The molecular formula is C17H25N3O. The number of hydrogen-bond acceptors (Lipinski definition) is 3. The monoisotopic (exact) mass is 287 g/mol. The molecule has 1 heterocycles. The van der Waals surface area contributed by atoms with Crippen LogP contribution in [0.2, 0.25) is 0 Å². The van der Waals surface area contributed by atoms with Crippen LogP contribution in [0.4, 0.5) is 0 Å². The van der Waals surface area contributed by atoms with Crippen LogP contribution < -0.4 is 10.1 Å². The maximum absolute atomic E-state index is 5.95. The predicted molar refractivity (Wildman–Crippen MR) is 85.5 cm³/mol. The standard InChI is InChI=1S/C17H25N3O/c1-4-17-18-9-10-20(17)11-12-21-16-8-6-5-7-15(16)13-19-14(2)3/h5-10,14,19H,4,11-13H2,1-3H3. The van der Waals surface area contributed by atoms with Crippen LogP contribution in [-0.2, 0) is 19.5 Å². The van der Waals surface area contributed by atoms with Gasteiger partial charge in [0.2, 0.25) is 0 Å². The average Bonchev–Trinajstić information content (AvgIpc) is 2.93. The number of nitrogens with one attached hydrogen (secondary N) is 1. The Kier molecular flexibility index (Phi) is 5.81. The molecule has 0 bridgehead atoms. The number of nitrogens with zero attached hydrogens (tertiary/aromatic N) is 2. The van der Waals surface area contributed by atoms with Crippen molar-refractivity contribution >= 4 is 0 Å². The molecule has 2 aromatic rings. The zero-order chi connectivity index (χ0) is 15.1. The fourth-order valence-corrected chi connectivity index (χ4v) is 2.22. The second kappa shape index (κ2) is 7.84. The summed E-state index contributed by atoms with van der Waals surface area (Å²) in [6.45, 7) is 8.73. The van der Waals surface area contributed by atoms with Crippen molar-refractivity contribution in [2.24, 2.45) is 0 Å². The molecule has 21 heavy (non-hydrogen) atoms. The van der Waals surface area contributed by atoms with E-state index in [-0.39, 0.29) is 0 Å². The number of rotatable bonds is 8. The average molecular weight is 287 g/mol. The number of aryl methyl sites for hydroxylation is 1. The van der Waals surface area contributed by atoms with Crippen LogP contribution in [0, 0.1) is 0 Å². The van der Waals surface area contributed by atoms with Crippen LogP contribution in [0.15, 0.2) is 36.7 Å². The molecule has 0 amide bonds. The predicted octanol–water partition coefficient (Wildman–Crippen LogP) is 3.02. The van der Waals surface area contributed by atoms with Gasteiger partial charge in [0.05, 0.1) is 6.54 Å². The van der Waals surface area contributed by atoms with Crippen molar-refractivity contribution in [3.8, 4) is 5.75 Å². The summed E-state index contributed by atoms with van der Waals surface area (Å²) in [6, 6.07) is 8.68. The quantitative estimate of drug-likeness (QED) is 0.811. The number of ether oxygens (including phenoxy) is 1. The van der Waals surface area contributed by atoms with Crippen molar-refractivity contribution in [2.45, 2.75) is 46.3 Å². The normalized spacial score (nSPS) is 11.0. The fourth-order valence-electron chi connectivity index (χ4n) is 2.22. The summed E-state index contributed by atoms with van der Waals surface area (Å²) < 4.78 is 8.10. The first-order chi connectivity index (χ1) is 10.2. The van der Waals surface area contributed by atoms with Gasteiger partial charge in [-0.05, 0) is 6.07 Å². The summed E-state index contributed by atoms with van der Waals surface area (Å²) in [5.41, 5.74) is 1.20. The third-order valence-corrected chi connectivity index (χ3v) is 3.38. The molecule has 1 aromatic heterocycles. The highest BCUT2D eigenvalue weighted by atomic mass is 16.5. The Morgan fingerprint density at radius 2 is 2.10 bits per heavy atom. The topological polar surface area (TPSA) is 39.1 Å². The molecule has 114 valence electrons. The van der Waals surface area contributed by atoms with E-state index in [1.807, 2.05) is 24.5 Å². The number of para-hydroxylation sites is 1. The molecule has 4 nitrogen and oxygen atoms in total. The van der Waals surface area contributed by atoms with Crippen molar-refractivity contribution in [2.75, 3.05) is 6.61 Å². The molecule has 0 saturated carbocycles. The van der Waals surface area contributed by atoms with Crippen molar-refractivity contribution in [1.82, 2.24) is 14.9 Å². The zero-order valence-corrected chi connectivity index (χ0v) is 13.2. The van der Waals surface area contributed by atoms with Crippen molar-refractivity contribution in [1.29, 1.82) is 0 Å². The Morgan fingerprint density at radius 1 is 1.29 bits per heavy atom. The van der Waals surface area contributed by atoms with E-state index in [4.69, 9.17) is 4.74 Å². The van der Waals surface area contributed by atoms with Gasteiger partial charge in [-0.15, -0.1) is 0 Å². The minimum atomic E-state index is 0.469. The smallest absolute Gasteiger partial charge is 0.123 e. The lowest BCUT2D eigenvalue weighted by Crippen LogP contribution is -2.22. The van der Waals surface area contributed by atoms with Crippen molar-refractivity contribution < 1.29 is 4.74 Å². The molecule has 1 aromatic carbocycles. The minimum absolute atomic E-state index is 0.469. The van der Waals surface area contributed by atoms with Gasteiger partial charge in [-0.2, -0.15) is 0 Å². The summed E-state index contributed by atoms with van der Waals surface area (Å²) >= 11 is 0. The highest BCUT2D eigenvalue weighted by molar-refractivity contribution is 5.33. The summed E-state index contributed by atoms with van der Waals surface area (Å²) in [5.74, 6) is 2.07. The molecule has 0 fully saturated rings. The van der Waals surface area contributed by atoms with Gasteiger partial charge in [-0.3, -0.25) is 0 Å². The Balaban J connectivity index is 1.91. The Labute approximate surface area is 127 Å². The molecule has 0 saturated heterocycles. The molecular weight excluding hydrogens is 262 g/mol. The highest BCUT2D eigenvalue weighted by Gasteiger charge is 2.05. The number of aromatic nitrogens is 2. The van der Waals surface area contributed by atoms with Gasteiger partial charge in [0.25, 0.3) is 0 Å². The molecule has 2 rings (SSSR count). The Morgan fingerprint density at radius 3 is 2.86 bits per heavy atom. The van der Waals surface area contributed by atoms with E-state index in [9.17, 15) is 0 Å². The van der Waals surface area contributed by atoms with Crippen LogP contribution >= 0.6 is 0 Å². The lowest BCUT2D eigenvalue weighted by molar-refractivity contribution is 0.292. The molecule has 1 N–H and O–H groups in total. The molecule has 0 radical (unpaired) electrons. The van der Waals surface area contributed by atoms with Crippen LogP contribution in [0.3, 0.4) is 0 Å². The Bertz CT molecular complexity index is 548. The van der Waals surface area contributed by atoms with E-state index in [1.165, 1.54) is 5.56 Å². The zero-order valence-electron chi connectivity index (χ0n) is 13.2. The maximum Gasteiger partial charge on any atom is 0.123 e. The van der Waals surface area contributed by atoms with Gasteiger partial charge in [-0.1, -0.05) is 39.0 Å².